The molecule has 0 aliphatic heterocycles. The minimum absolute atomic E-state index is 0.0779. The number of aromatic nitrogens is 4. The Morgan fingerprint density at radius 3 is 2.75 bits per heavy atom. The molecule has 2 aromatic heterocycles. The summed E-state index contributed by atoms with van der Waals surface area (Å²) in [6.45, 7) is 2.39. The molecule has 6 heteroatoms. The van der Waals surface area contributed by atoms with Crippen LogP contribution in [0.2, 0.25) is 5.15 Å². The maximum atomic E-state index is 11.8. The van der Waals surface area contributed by atoms with Crippen molar-refractivity contribution in [2.24, 2.45) is 7.05 Å². The number of nitrogens with zero attached hydrogens (tertiary/aromatic N) is 4. The second-order valence-corrected chi connectivity index (χ2v) is 5.02. The van der Waals surface area contributed by atoms with Crippen molar-refractivity contribution in [2.45, 2.75) is 13.5 Å². The van der Waals surface area contributed by atoms with Crippen LogP contribution < -0.4 is 5.43 Å². The van der Waals surface area contributed by atoms with Gasteiger partial charge in [0.15, 0.2) is 0 Å². The largest absolute Gasteiger partial charge is 0.287 e. The highest BCUT2D eigenvalue weighted by molar-refractivity contribution is 6.30. The fourth-order valence-electron chi connectivity index (χ4n) is 2.29. The van der Waals surface area contributed by atoms with Crippen LogP contribution in [0.5, 0.6) is 0 Å². The smallest absolute Gasteiger partial charge is 0.207 e. The fraction of sp³-hybridized carbons (Fsp3) is 0.214. The predicted octanol–water partition coefficient (Wildman–Crippen LogP) is 2.14. The van der Waals surface area contributed by atoms with Crippen molar-refractivity contribution in [1.29, 1.82) is 0 Å². The maximum absolute atomic E-state index is 11.8. The highest BCUT2D eigenvalue weighted by atomic mass is 35.5. The van der Waals surface area contributed by atoms with Crippen LogP contribution in [0.25, 0.3) is 10.9 Å². The van der Waals surface area contributed by atoms with Crippen molar-refractivity contribution in [1.82, 2.24) is 19.6 Å². The Bertz CT molecular complexity index is 850. The third-order valence-corrected chi connectivity index (χ3v) is 3.81. The van der Waals surface area contributed by atoms with Crippen molar-refractivity contribution in [3.63, 3.8) is 0 Å². The number of rotatable bonds is 2. The molecule has 0 saturated heterocycles. The number of aryl methyl sites for hydroxylation is 2. The lowest BCUT2D eigenvalue weighted by molar-refractivity contribution is 0.691. The van der Waals surface area contributed by atoms with E-state index in [1.54, 1.807) is 22.5 Å². The highest BCUT2D eigenvalue weighted by Crippen LogP contribution is 2.20. The molecule has 0 radical (unpaired) electrons. The van der Waals surface area contributed by atoms with Gasteiger partial charge in [-0.15, -0.1) is 0 Å². The monoisotopic (exact) mass is 288 g/mol. The Morgan fingerprint density at radius 1 is 1.30 bits per heavy atom. The molecular formula is C14H13ClN4O. The first-order chi connectivity index (χ1) is 9.58. The lowest BCUT2D eigenvalue weighted by atomic mass is 10.2. The molecular weight excluding hydrogens is 276 g/mol. The predicted molar refractivity (Wildman–Crippen MR) is 78.1 cm³/mol. The SMILES string of the molecule is Cc1nn(C)c(Cl)c1Cn1ncc(=O)c2ccccc21. The zero-order chi connectivity index (χ0) is 14.3. The van der Waals surface area contributed by atoms with Gasteiger partial charge in [0.1, 0.15) is 5.15 Å². The molecule has 0 N–H and O–H groups in total. The Balaban J connectivity index is 2.16. The first-order valence-corrected chi connectivity index (χ1v) is 6.58. The molecule has 3 rings (SSSR count). The topological polar surface area (TPSA) is 52.7 Å². The van der Waals surface area contributed by atoms with Gasteiger partial charge < -0.3 is 0 Å². The number of hydrogen-bond acceptors (Lipinski definition) is 3. The van der Waals surface area contributed by atoms with Crippen molar-refractivity contribution in [2.75, 3.05) is 0 Å². The van der Waals surface area contributed by atoms with Gasteiger partial charge in [-0.1, -0.05) is 23.7 Å². The van der Waals surface area contributed by atoms with E-state index in [2.05, 4.69) is 10.2 Å². The van der Waals surface area contributed by atoms with E-state index in [1.807, 2.05) is 25.1 Å². The van der Waals surface area contributed by atoms with Crippen LogP contribution in [0, 0.1) is 6.92 Å². The molecule has 0 atom stereocenters. The molecule has 0 unspecified atom stereocenters. The zero-order valence-electron chi connectivity index (χ0n) is 11.2. The second-order valence-electron chi connectivity index (χ2n) is 4.66. The van der Waals surface area contributed by atoms with Gasteiger partial charge in [-0.2, -0.15) is 10.2 Å². The van der Waals surface area contributed by atoms with E-state index in [1.165, 1.54) is 6.20 Å². The lowest BCUT2D eigenvalue weighted by Gasteiger charge is -2.09. The van der Waals surface area contributed by atoms with Gasteiger partial charge in [0.05, 0.1) is 24.0 Å². The van der Waals surface area contributed by atoms with Gasteiger partial charge in [0, 0.05) is 18.0 Å². The summed E-state index contributed by atoms with van der Waals surface area (Å²) in [4.78, 5) is 11.8. The molecule has 0 saturated carbocycles. The zero-order valence-corrected chi connectivity index (χ0v) is 11.9. The number of halogens is 1. The minimum atomic E-state index is -0.0779. The molecule has 1 aromatic carbocycles. The van der Waals surface area contributed by atoms with Gasteiger partial charge in [0.2, 0.25) is 5.43 Å². The fourth-order valence-corrected chi connectivity index (χ4v) is 2.52. The third-order valence-electron chi connectivity index (χ3n) is 3.34. The maximum Gasteiger partial charge on any atom is 0.207 e. The molecule has 0 spiro atoms. The van der Waals surface area contributed by atoms with Crippen molar-refractivity contribution in [3.8, 4) is 0 Å². The summed E-state index contributed by atoms with van der Waals surface area (Å²) >= 11 is 6.24. The third kappa shape index (κ3) is 2.00. The summed E-state index contributed by atoms with van der Waals surface area (Å²) < 4.78 is 3.41. The summed E-state index contributed by atoms with van der Waals surface area (Å²) in [5, 5.41) is 9.73. The molecule has 0 amide bonds. The van der Waals surface area contributed by atoms with Gasteiger partial charge in [-0.25, -0.2) is 0 Å². The molecule has 102 valence electrons. The molecule has 0 aliphatic rings. The lowest BCUT2D eigenvalue weighted by Crippen LogP contribution is -2.13. The molecule has 5 nitrogen and oxygen atoms in total. The first-order valence-electron chi connectivity index (χ1n) is 6.21. The average Bonchev–Trinajstić information content (AvgIpc) is 2.68. The van der Waals surface area contributed by atoms with E-state index in [4.69, 9.17) is 11.6 Å². The minimum Gasteiger partial charge on any atom is -0.287 e. The van der Waals surface area contributed by atoms with Crippen LogP contribution in [0.3, 0.4) is 0 Å². The number of para-hydroxylation sites is 1. The molecule has 20 heavy (non-hydrogen) atoms. The van der Waals surface area contributed by atoms with Crippen LogP contribution in [0.1, 0.15) is 11.3 Å². The standard InChI is InChI=1S/C14H13ClN4O/c1-9-11(14(15)18(2)17-9)8-19-12-6-4-3-5-10(12)13(20)7-16-19/h3-7H,8H2,1-2H3. The molecule has 2 heterocycles. The number of hydrogen-bond donors (Lipinski definition) is 0. The average molecular weight is 289 g/mol. The Labute approximate surface area is 120 Å². The van der Waals surface area contributed by atoms with Crippen LogP contribution >= 0.6 is 11.6 Å². The summed E-state index contributed by atoms with van der Waals surface area (Å²) in [7, 11) is 1.80. The van der Waals surface area contributed by atoms with Gasteiger partial charge in [-0.05, 0) is 19.1 Å². The normalized spacial score (nSPS) is 11.2. The molecule has 3 aromatic rings. The van der Waals surface area contributed by atoms with Gasteiger partial charge in [0.25, 0.3) is 0 Å². The van der Waals surface area contributed by atoms with E-state index in [-0.39, 0.29) is 5.43 Å². The molecule has 0 aliphatic carbocycles. The van der Waals surface area contributed by atoms with E-state index >= 15 is 0 Å². The molecule has 0 fully saturated rings. The summed E-state index contributed by atoms with van der Waals surface area (Å²) in [6.07, 6.45) is 1.34. The summed E-state index contributed by atoms with van der Waals surface area (Å²) in [5.41, 5.74) is 2.49. The summed E-state index contributed by atoms with van der Waals surface area (Å²) in [5.74, 6) is 0. The first kappa shape index (κ1) is 12.9. The molecule has 0 bridgehead atoms. The number of benzene rings is 1. The van der Waals surface area contributed by atoms with Crippen LogP contribution in [0.15, 0.2) is 35.3 Å². The van der Waals surface area contributed by atoms with E-state index in [0.29, 0.717) is 17.1 Å². The Morgan fingerprint density at radius 2 is 2.05 bits per heavy atom. The van der Waals surface area contributed by atoms with Gasteiger partial charge in [-0.3, -0.25) is 14.2 Å². The van der Waals surface area contributed by atoms with E-state index < -0.39 is 0 Å². The highest BCUT2D eigenvalue weighted by Gasteiger charge is 2.13. The van der Waals surface area contributed by atoms with E-state index in [9.17, 15) is 4.79 Å². The van der Waals surface area contributed by atoms with Crippen LogP contribution in [0.4, 0.5) is 0 Å². The van der Waals surface area contributed by atoms with Crippen LogP contribution in [-0.4, -0.2) is 19.6 Å². The second kappa shape index (κ2) is 4.76. The number of fused-ring (bicyclic) bond motifs is 1. The summed E-state index contributed by atoms with van der Waals surface area (Å²) in [6, 6.07) is 7.41. The van der Waals surface area contributed by atoms with Crippen molar-refractivity contribution < 1.29 is 0 Å². The Hall–Kier alpha value is -2.14. The van der Waals surface area contributed by atoms with Crippen molar-refractivity contribution >= 4 is 22.5 Å². The van der Waals surface area contributed by atoms with Gasteiger partial charge >= 0.3 is 0 Å². The Kier molecular flexibility index (Phi) is 3.06. The quantitative estimate of drug-likeness (QED) is 0.726. The van der Waals surface area contributed by atoms with E-state index in [0.717, 1.165) is 16.8 Å². The van der Waals surface area contributed by atoms with Crippen LogP contribution in [-0.2, 0) is 13.6 Å². The van der Waals surface area contributed by atoms with Crippen molar-refractivity contribution in [3.05, 3.63) is 57.1 Å².